The lowest BCUT2D eigenvalue weighted by Gasteiger charge is -2.29. The third-order valence-corrected chi connectivity index (χ3v) is 6.57. The maximum absolute atomic E-state index is 13.0. The number of hydrogen-bond acceptors (Lipinski definition) is 4. The van der Waals surface area contributed by atoms with Crippen LogP contribution in [-0.2, 0) is 22.7 Å². The lowest BCUT2D eigenvalue weighted by molar-refractivity contribution is -0.133. The molecule has 1 fully saturated rings. The number of amides is 3. The summed E-state index contributed by atoms with van der Waals surface area (Å²) in [5.74, 6) is -0.495. The highest BCUT2D eigenvalue weighted by Crippen LogP contribution is 2.31. The van der Waals surface area contributed by atoms with E-state index in [1.165, 1.54) is 4.90 Å². The van der Waals surface area contributed by atoms with Gasteiger partial charge in [-0.25, -0.2) is 4.79 Å². The van der Waals surface area contributed by atoms with Crippen LogP contribution in [0.3, 0.4) is 0 Å². The second-order valence-electron chi connectivity index (χ2n) is 8.03. The molecular formula is C23H21Cl2N3O4. The number of rotatable bonds is 4. The number of anilines is 1. The molecule has 0 saturated heterocycles. The van der Waals surface area contributed by atoms with Crippen molar-refractivity contribution in [2.75, 3.05) is 12.4 Å². The number of fused-ring (bicyclic) bond motifs is 1. The van der Waals surface area contributed by atoms with Crippen molar-refractivity contribution in [2.24, 2.45) is 0 Å². The van der Waals surface area contributed by atoms with E-state index < -0.39 is 6.04 Å². The normalized spacial score (nSPS) is 18.0. The van der Waals surface area contributed by atoms with Gasteiger partial charge in [-0.2, -0.15) is 0 Å². The summed E-state index contributed by atoms with van der Waals surface area (Å²) in [4.78, 5) is 52.6. The first kappa shape index (κ1) is 22.3. The zero-order chi connectivity index (χ0) is 23.0. The van der Waals surface area contributed by atoms with Crippen LogP contribution in [0.25, 0.3) is 0 Å². The molecule has 7 nitrogen and oxygen atoms in total. The van der Waals surface area contributed by atoms with Crippen molar-refractivity contribution in [3.05, 3.63) is 63.1 Å². The van der Waals surface area contributed by atoms with Crippen molar-refractivity contribution < 1.29 is 19.2 Å². The highest BCUT2D eigenvalue weighted by atomic mass is 35.5. The first-order valence-electron chi connectivity index (χ1n) is 10.2. The van der Waals surface area contributed by atoms with Crippen LogP contribution in [0.1, 0.15) is 40.7 Å². The Balaban J connectivity index is 1.48. The van der Waals surface area contributed by atoms with Crippen LogP contribution in [-0.4, -0.2) is 46.4 Å². The molecule has 0 bridgehead atoms. The molecule has 166 valence electrons. The smallest absolute Gasteiger partial charge is 0.321 e. The molecule has 1 N–H and O–H groups in total. The molecule has 1 aliphatic heterocycles. The van der Waals surface area contributed by atoms with E-state index in [0.717, 1.165) is 11.1 Å². The number of halogens is 2. The molecular weight excluding hydrogens is 453 g/mol. The molecule has 4 rings (SSSR count). The number of nitrogens with one attached hydrogen (secondary N) is 1. The van der Waals surface area contributed by atoms with Crippen molar-refractivity contribution in [3.63, 3.8) is 0 Å². The van der Waals surface area contributed by atoms with Gasteiger partial charge in [0.2, 0.25) is 0 Å². The first-order valence-corrected chi connectivity index (χ1v) is 10.9. The van der Waals surface area contributed by atoms with E-state index in [9.17, 15) is 19.2 Å². The van der Waals surface area contributed by atoms with Gasteiger partial charge in [0.25, 0.3) is 5.91 Å². The lowest BCUT2D eigenvalue weighted by atomic mass is 9.92. The molecule has 0 spiro atoms. The summed E-state index contributed by atoms with van der Waals surface area (Å²) in [6.07, 6.45) is 0.551. The van der Waals surface area contributed by atoms with Gasteiger partial charge in [0.1, 0.15) is 5.78 Å². The minimum absolute atomic E-state index is 0.0780. The van der Waals surface area contributed by atoms with Gasteiger partial charge in [0.05, 0.1) is 22.5 Å². The average molecular weight is 474 g/mol. The van der Waals surface area contributed by atoms with E-state index in [4.69, 9.17) is 23.2 Å². The number of carbonyl (C=O) groups is 4. The third-order valence-electron chi connectivity index (χ3n) is 5.83. The molecule has 1 unspecified atom stereocenters. The Labute approximate surface area is 195 Å². The molecule has 1 heterocycles. The Morgan fingerprint density at radius 1 is 1.16 bits per heavy atom. The second kappa shape index (κ2) is 8.92. The van der Waals surface area contributed by atoms with Crippen molar-refractivity contribution in [1.29, 1.82) is 0 Å². The van der Waals surface area contributed by atoms with Crippen LogP contribution in [0, 0.1) is 0 Å². The first-order chi connectivity index (χ1) is 15.2. The minimum atomic E-state index is -0.573. The van der Waals surface area contributed by atoms with Gasteiger partial charge in [-0.15, -0.1) is 0 Å². The number of Topliss-reactive ketones (excluding diaryl/α,β-unsaturated/α-hetero) is 2. The zero-order valence-electron chi connectivity index (χ0n) is 17.4. The number of nitrogens with zero attached hydrogens (tertiary/aromatic N) is 2. The van der Waals surface area contributed by atoms with E-state index in [1.54, 1.807) is 42.3 Å². The Bertz CT molecular complexity index is 1130. The van der Waals surface area contributed by atoms with E-state index >= 15 is 0 Å². The van der Waals surface area contributed by atoms with E-state index in [0.29, 0.717) is 34.1 Å². The number of benzene rings is 2. The number of carbonyl (C=O) groups excluding carboxylic acids is 4. The number of ketones is 2. The van der Waals surface area contributed by atoms with Gasteiger partial charge in [0, 0.05) is 37.8 Å². The fourth-order valence-electron chi connectivity index (χ4n) is 4.13. The highest BCUT2D eigenvalue weighted by Gasteiger charge is 2.39. The van der Waals surface area contributed by atoms with Gasteiger partial charge in [-0.1, -0.05) is 35.3 Å². The number of urea groups is 1. The number of hydrogen-bond donors (Lipinski definition) is 1. The zero-order valence-corrected chi connectivity index (χ0v) is 18.9. The topological polar surface area (TPSA) is 86.8 Å². The van der Waals surface area contributed by atoms with Gasteiger partial charge >= 0.3 is 6.03 Å². The van der Waals surface area contributed by atoms with Crippen LogP contribution in [0.2, 0.25) is 10.0 Å². The fraction of sp³-hybridized carbons (Fsp3) is 0.304. The summed E-state index contributed by atoms with van der Waals surface area (Å²) in [6.45, 7) is 0.561. The molecule has 2 aromatic carbocycles. The maximum Gasteiger partial charge on any atom is 0.321 e. The summed E-state index contributed by atoms with van der Waals surface area (Å²) in [7, 11) is 1.65. The second-order valence-corrected chi connectivity index (χ2v) is 8.84. The van der Waals surface area contributed by atoms with Crippen LogP contribution in [0.15, 0.2) is 36.4 Å². The van der Waals surface area contributed by atoms with Crippen LogP contribution >= 0.6 is 23.2 Å². The monoisotopic (exact) mass is 473 g/mol. The summed E-state index contributed by atoms with van der Waals surface area (Å²) < 4.78 is 0. The SMILES string of the molecule is CN(Cc1cccc2c1CN(C1CCC(=O)CC1=O)C2=O)C(=O)Nc1ccc(Cl)c(Cl)c1. The molecule has 3 amide bonds. The van der Waals surface area contributed by atoms with Crippen molar-refractivity contribution >= 4 is 52.4 Å². The quantitative estimate of drug-likeness (QED) is 0.670. The fourth-order valence-corrected chi connectivity index (χ4v) is 4.43. The van der Waals surface area contributed by atoms with Crippen LogP contribution in [0.4, 0.5) is 10.5 Å². The molecule has 2 aromatic rings. The predicted molar refractivity (Wildman–Crippen MR) is 121 cm³/mol. The summed E-state index contributed by atoms with van der Waals surface area (Å²) in [5.41, 5.74) is 2.67. The largest absolute Gasteiger partial charge is 0.324 e. The average Bonchev–Trinajstić information content (AvgIpc) is 3.08. The summed E-state index contributed by atoms with van der Waals surface area (Å²) >= 11 is 11.9. The summed E-state index contributed by atoms with van der Waals surface area (Å²) in [6, 6.07) is 9.27. The third kappa shape index (κ3) is 4.36. The van der Waals surface area contributed by atoms with Gasteiger partial charge in [0.15, 0.2) is 5.78 Å². The molecule has 32 heavy (non-hydrogen) atoms. The van der Waals surface area contributed by atoms with E-state index in [-0.39, 0.29) is 43.0 Å². The molecule has 1 atom stereocenters. The Kier molecular flexibility index (Phi) is 6.22. The van der Waals surface area contributed by atoms with Gasteiger partial charge < -0.3 is 15.1 Å². The standard InChI is InChI=1S/C23H21Cl2N3O4/c1-27(23(32)26-14-5-7-18(24)19(25)9-14)11-13-3-2-4-16-17(13)12-28(22(16)31)20-8-6-15(29)10-21(20)30/h2-5,7,9,20H,6,8,10-12H2,1H3,(H,26,32). The molecule has 0 aromatic heterocycles. The Morgan fingerprint density at radius 2 is 1.94 bits per heavy atom. The predicted octanol–water partition coefficient (Wildman–Crippen LogP) is 4.30. The van der Waals surface area contributed by atoms with Crippen molar-refractivity contribution in [3.8, 4) is 0 Å². The highest BCUT2D eigenvalue weighted by molar-refractivity contribution is 6.42. The molecule has 1 saturated carbocycles. The van der Waals surface area contributed by atoms with Crippen molar-refractivity contribution in [1.82, 2.24) is 9.80 Å². The molecule has 9 heteroatoms. The van der Waals surface area contributed by atoms with Crippen LogP contribution in [0.5, 0.6) is 0 Å². The van der Waals surface area contributed by atoms with Crippen molar-refractivity contribution in [2.45, 2.75) is 38.4 Å². The van der Waals surface area contributed by atoms with E-state index in [1.807, 2.05) is 6.07 Å². The minimum Gasteiger partial charge on any atom is -0.324 e. The maximum atomic E-state index is 13.0. The van der Waals surface area contributed by atoms with Gasteiger partial charge in [-0.3, -0.25) is 14.4 Å². The summed E-state index contributed by atoms with van der Waals surface area (Å²) in [5, 5.41) is 3.50. The molecule has 0 radical (unpaired) electrons. The Morgan fingerprint density at radius 3 is 2.66 bits per heavy atom. The molecule has 1 aliphatic carbocycles. The Hall–Kier alpha value is -2.90. The molecule has 2 aliphatic rings. The van der Waals surface area contributed by atoms with Gasteiger partial charge in [-0.05, 0) is 41.8 Å². The lowest BCUT2D eigenvalue weighted by Crippen LogP contribution is -2.44. The van der Waals surface area contributed by atoms with E-state index in [2.05, 4.69) is 5.32 Å². The van der Waals surface area contributed by atoms with Crippen LogP contribution < -0.4 is 5.32 Å².